The van der Waals surface area contributed by atoms with E-state index in [1.807, 2.05) is 11.7 Å². The molecule has 0 aromatic carbocycles. The largest absolute Gasteiger partial charge is 0.272 e. The van der Waals surface area contributed by atoms with E-state index >= 15 is 0 Å². The molecule has 1 aromatic rings. The van der Waals surface area contributed by atoms with Gasteiger partial charge in [0.15, 0.2) is 0 Å². The van der Waals surface area contributed by atoms with Gasteiger partial charge in [0.05, 0.1) is 5.69 Å². The Morgan fingerprint density at radius 3 is 2.80 bits per heavy atom. The van der Waals surface area contributed by atoms with E-state index in [0.29, 0.717) is 0 Å². The third-order valence-corrected chi connectivity index (χ3v) is 1.99. The Labute approximate surface area is 60.9 Å². The zero-order valence-corrected chi connectivity index (χ0v) is 6.17. The highest BCUT2D eigenvalue weighted by molar-refractivity contribution is 5.19. The summed E-state index contributed by atoms with van der Waals surface area (Å²) in [5.74, 6) is 0.752. The smallest absolute Gasteiger partial charge is 0.0658 e. The Kier molecular flexibility index (Phi) is 1.10. The number of aromatic nitrogens is 2. The molecule has 1 radical (unpaired) electrons. The van der Waals surface area contributed by atoms with Gasteiger partial charge in [-0.05, 0) is 25.8 Å². The molecule has 0 aliphatic heterocycles. The summed E-state index contributed by atoms with van der Waals surface area (Å²) in [6.07, 6.45) is 2.63. The standard InChI is InChI=1S/C8H11N2/c1-6-5-8(7-3-4-7)9-10(6)2/h5,7H,1,3-4H2,2H3. The minimum absolute atomic E-state index is 0.752. The number of aryl methyl sites for hydroxylation is 1. The summed E-state index contributed by atoms with van der Waals surface area (Å²) in [7, 11) is 1.94. The monoisotopic (exact) mass is 135 g/mol. The normalized spacial score (nSPS) is 17.8. The van der Waals surface area contributed by atoms with Gasteiger partial charge in [-0.1, -0.05) is 0 Å². The highest BCUT2D eigenvalue weighted by Gasteiger charge is 2.26. The van der Waals surface area contributed by atoms with Gasteiger partial charge in [0.25, 0.3) is 0 Å². The third-order valence-electron chi connectivity index (χ3n) is 1.99. The van der Waals surface area contributed by atoms with Crippen molar-refractivity contribution in [2.75, 3.05) is 0 Å². The summed E-state index contributed by atoms with van der Waals surface area (Å²) >= 11 is 0. The fourth-order valence-electron chi connectivity index (χ4n) is 1.11. The van der Waals surface area contributed by atoms with Gasteiger partial charge in [0.2, 0.25) is 0 Å². The van der Waals surface area contributed by atoms with Gasteiger partial charge in [-0.3, -0.25) is 4.68 Å². The van der Waals surface area contributed by atoms with Crippen LogP contribution in [-0.4, -0.2) is 9.78 Å². The number of nitrogens with zero attached hydrogens (tertiary/aromatic N) is 2. The molecular weight excluding hydrogens is 124 g/mol. The second kappa shape index (κ2) is 1.84. The van der Waals surface area contributed by atoms with E-state index in [4.69, 9.17) is 0 Å². The lowest BCUT2D eigenvalue weighted by Crippen LogP contribution is -1.92. The minimum Gasteiger partial charge on any atom is -0.272 e. The molecule has 0 amide bonds. The van der Waals surface area contributed by atoms with Crippen molar-refractivity contribution < 1.29 is 0 Å². The molecule has 1 heterocycles. The van der Waals surface area contributed by atoms with Crippen LogP contribution in [-0.2, 0) is 7.05 Å². The summed E-state index contributed by atoms with van der Waals surface area (Å²) in [6, 6.07) is 2.08. The first kappa shape index (κ1) is 5.96. The van der Waals surface area contributed by atoms with Crippen LogP contribution in [0.4, 0.5) is 0 Å². The van der Waals surface area contributed by atoms with Crippen molar-refractivity contribution in [3.8, 4) is 0 Å². The quantitative estimate of drug-likeness (QED) is 0.570. The Bertz CT molecular complexity index is 226. The van der Waals surface area contributed by atoms with Gasteiger partial charge in [0, 0.05) is 18.7 Å². The molecule has 0 spiro atoms. The van der Waals surface area contributed by atoms with E-state index in [-0.39, 0.29) is 0 Å². The number of rotatable bonds is 1. The molecular formula is C8H11N2. The summed E-state index contributed by atoms with van der Waals surface area (Å²) in [4.78, 5) is 0. The van der Waals surface area contributed by atoms with E-state index in [1.54, 1.807) is 0 Å². The minimum atomic E-state index is 0.752. The van der Waals surface area contributed by atoms with Crippen molar-refractivity contribution in [1.82, 2.24) is 9.78 Å². The second-order valence-electron chi connectivity index (χ2n) is 2.96. The van der Waals surface area contributed by atoms with E-state index in [0.717, 1.165) is 11.6 Å². The average molecular weight is 135 g/mol. The first-order chi connectivity index (χ1) is 4.77. The van der Waals surface area contributed by atoms with E-state index in [2.05, 4.69) is 18.1 Å². The van der Waals surface area contributed by atoms with Gasteiger partial charge in [-0.25, -0.2) is 0 Å². The Balaban J connectivity index is 2.34. The van der Waals surface area contributed by atoms with Gasteiger partial charge in [-0.2, -0.15) is 5.10 Å². The zero-order valence-electron chi connectivity index (χ0n) is 6.17. The first-order valence-electron chi connectivity index (χ1n) is 3.63. The summed E-state index contributed by atoms with van der Waals surface area (Å²) in [5, 5.41) is 4.33. The second-order valence-corrected chi connectivity index (χ2v) is 2.96. The summed E-state index contributed by atoms with van der Waals surface area (Å²) in [6.45, 7) is 3.85. The molecule has 1 aliphatic rings. The molecule has 1 saturated carbocycles. The summed E-state index contributed by atoms with van der Waals surface area (Å²) in [5.41, 5.74) is 2.24. The molecule has 53 valence electrons. The molecule has 0 N–H and O–H groups in total. The van der Waals surface area contributed by atoms with Crippen molar-refractivity contribution in [1.29, 1.82) is 0 Å². The van der Waals surface area contributed by atoms with Gasteiger partial charge in [-0.15, -0.1) is 0 Å². The van der Waals surface area contributed by atoms with Crippen LogP contribution in [0.3, 0.4) is 0 Å². The molecule has 2 rings (SSSR count). The molecule has 1 aliphatic carbocycles. The lowest BCUT2D eigenvalue weighted by Gasteiger charge is -1.88. The Morgan fingerprint density at radius 2 is 2.40 bits per heavy atom. The maximum Gasteiger partial charge on any atom is 0.0658 e. The Hall–Kier alpha value is -0.790. The fourth-order valence-corrected chi connectivity index (χ4v) is 1.11. The first-order valence-corrected chi connectivity index (χ1v) is 3.63. The van der Waals surface area contributed by atoms with Crippen molar-refractivity contribution >= 4 is 0 Å². The molecule has 2 heteroatoms. The van der Waals surface area contributed by atoms with E-state index in [9.17, 15) is 0 Å². The van der Waals surface area contributed by atoms with Crippen molar-refractivity contribution in [3.05, 3.63) is 24.4 Å². The molecule has 1 fully saturated rings. The van der Waals surface area contributed by atoms with Crippen LogP contribution in [0, 0.1) is 6.92 Å². The maximum absolute atomic E-state index is 4.33. The SMILES string of the molecule is [CH2]c1cc(C2CC2)nn1C. The molecule has 1 aromatic heterocycles. The maximum atomic E-state index is 4.33. The van der Waals surface area contributed by atoms with Crippen LogP contribution >= 0.6 is 0 Å². The molecule has 0 bridgehead atoms. The third kappa shape index (κ3) is 0.838. The predicted molar refractivity (Wildman–Crippen MR) is 39.6 cm³/mol. The highest BCUT2D eigenvalue weighted by Crippen LogP contribution is 2.39. The predicted octanol–water partition coefficient (Wildman–Crippen LogP) is 1.48. The van der Waals surface area contributed by atoms with E-state index < -0.39 is 0 Å². The zero-order chi connectivity index (χ0) is 7.14. The fraction of sp³-hybridized carbons (Fsp3) is 0.500. The lowest BCUT2D eigenvalue weighted by molar-refractivity contribution is 0.732. The van der Waals surface area contributed by atoms with Crippen molar-refractivity contribution in [2.24, 2.45) is 7.05 Å². The highest BCUT2D eigenvalue weighted by atomic mass is 15.3. The molecule has 10 heavy (non-hydrogen) atoms. The Morgan fingerprint density at radius 1 is 1.70 bits per heavy atom. The van der Waals surface area contributed by atoms with Crippen LogP contribution in [0.25, 0.3) is 0 Å². The van der Waals surface area contributed by atoms with Crippen LogP contribution in [0.2, 0.25) is 0 Å². The topological polar surface area (TPSA) is 17.8 Å². The van der Waals surface area contributed by atoms with Crippen molar-refractivity contribution in [3.63, 3.8) is 0 Å². The van der Waals surface area contributed by atoms with Gasteiger partial charge in [0.1, 0.15) is 0 Å². The van der Waals surface area contributed by atoms with Crippen molar-refractivity contribution in [2.45, 2.75) is 18.8 Å². The molecule has 0 saturated heterocycles. The van der Waals surface area contributed by atoms with Crippen LogP contribution < -0.4 is 0 Å². The van der Waals surface area contributed by atoms with E-state index in [1.165, 1.54) is 18.5 Å². The van der Waals surface area contributed by atoms with Gasteiger partial charge < -0.3 is 0 Å². The van der Waals surface area contributed by atoms with Crippen LogP contribution in [0.15, 0.2) is 6.07 Å². The lowest BCUT2D eigenvalue weighted by atomic mass is 10.3. The number of hydrogen-bond acceptors (Lipinski definition) is 1. The summed E-state index contributed by atoms with van der Waals surface area (Å²) < 4.78 is 1.84. The molecule has 2 nitrogen and oxygen atoms in total. The molecule has 0 unspecified atom stereocenters. The van der Waals surface area contributed by atoms with Crippen LogP contribution in [0.1, 0.15) is 30.1 Å². The van der Waals surface area contributed by atoms with Gasteiger partial charge >= 0.3 is 0 Å². The average Bonchev–Trinajstić information content (AvgIpc) is 2.64. The molecule has 0 atom stereocenters. The number of hydrogen-bond donors (Lipinski definition) is 0. The van der Waals surface area contributed by atoms with Crippen LogP contribution in [0.5, 0.6) is 0 Å².